The van der Waals surface area contributed by atoms with Gasteiger partial charge in [0, 0.05) is 5.69 Å². The zero-order chi connectivity index (χ0) is 20.3. The van der Waals surface area contributed by atoms with E-state index >= 15 is 0 Å². The quantitative estimate of drug-likeness (QED) is 0.684. The maximum atomic E-state index is 13.6. The number of fused-ring (bicyclic) bond motifs is 1. The van der Waals surface area contributed by atoms with Gasteiger partial charge in [-0.1, -0.05) is 18.2 Å². The Kier molecular flexibility index (Phi) is 5.49. The number of aryl methyl sites for hydroxylation is 1. The predicted molar refractivity (Wildman–Crippen MR) is 101 cm³/mol. The normalized spacial score (nSPS) is 11.8. The number of nitrogens with zero attached hydrogens (tertiary/aromatic N) is 2. The van der Waals surface area contributed by atoms with E-state index in [1.54, 1.807) is 37.3 Å². The van der Waals surface area contributed by atoms with Gasteiger partial charge in [-0.3, -0.25) is 19.0 Å². The maximum Gasteiger partial charge on any atom is 0.326 e. The number of carbonyl (C=O) groups is 2. The van der Waals surface area contributed by atoms with Crippen LogP contribution in [0.3, 0.4) is 0 Å². The van der Waals surface area contributed by atoms with Crippen LogP contribution in [0, 0.1) is 12.7 Å². The fourth-order valence-corrected chi connectivity index (χ4v) is 2.56. The number of amides is 1. The zero-order valence-electron chi connectivity index (χ0n) is 15.3. The van der Waals surface area contributed by atoms with Gasteiger partial charge in [-0.25, -0.2) is 9.37 Å². The van der Waals surface area contributed by atoms with Crippen molar-refractivity contribution in [2.75, 3.05) is 5.32 Å². The predicted octanol–water partition coefficient (Wildman–Crippen LogP) is 2.41. The number of benzene rings is 2. The summed E-state index contributed by atoms with van der Waals surface area (Å²) >= 11 is 0. The first-order valence-corrected chi connectivity index (χ1v) is 8.56. The zero-order valence-corrected chi connectivity index (χ0v) is 15.3. The van der Waals surface area contributed by atoms with Gasteiger partial charge in [0.25, 0.3) is 11.5 Å². The first-order chi connectivity index (χ1) is 13.3. The molecule has 0 saturated heterocycles. The van der Waals surface area contributed by atoms with Crippen LogP contribution in [0.1, 0.15) is 12.5 Å². The van der Waals surface area contributed by atoms with Gasteiger partial charge in [-0.15, -0.1) is 0 Å². The summed E-state index contributed by atoms with van der Waals surface area (Å²) in [6, 6.07) is 11.0. The number of nitrogens with one attached hydrogen (secondary N) is 1. The summed E-state index contributed by atoms with van der Waals surface area (Å²) in [5.41, 5.74) is 0.850. The number of hydrogen-bond donors (Lipinski definition) is 1. The number of aromatic nitrogens is 2. The second-order valence-electron chi connectivity index (χ2n) is 6.28. The minimum atomic E-state index is -1.12. The summed E-state index contributed by atoms with van der Waals surface area (Å²) in [5.74, 6) is -1.83. The number of rotatable bonds is 5. The van der Waals surface area contributed by atoms with Crippen LogP contribution in [0.15, 0.2) is 53.6 Å². The van der Waals surface area contributed by atoms with E-state index in [4.69, 9.17) is 4.74 Å². The van der Waals surface area contributed by atoms with Crippen LogP contribution < -0.4 is 10.9 Å². The van der Waals surface area contributed by atoms with Gasteiger partial charge in [-0.2, -0.15) is 0 Å². The van der Waals surface area contributed by atoms with Crippen molar-refractivity contribution in [2.45, 2.75) is 26.5 Å². The van der Waals surface area contributed by atoms with E-state index in [0.29, 0.717) is 16.5 Å². The fourth-order valence-electron chi connectivity index (χ4n) is 2.56. The largest absolute Gasteiger partial charge is 0.451 e. The molecule has 0 aliphatic heterocycles. The van der Waals surface area contributed by atoms with Crippen molar-refractivity contribution in [3.8, 4) is 0 Å². The van der Waals surface area contributed by atoms with Gasteiger partial charge < -0.3 is 10.1 Å². The van der Waals surface area contributed by atoms with Crippen molar-refractivity contribution in [1.29, 1.82) is 0 Å². The van der Waals surface area contributed by atoms with E-state index in [2.05, 4.69) is 10.3 Å². The second-order valence-corrected chi connectivity index (χ2v) is 6.28. The lowest BCUT2D eigenvalue weighted by Crippen LogP contribution is -2.33. The van der Waals surface area contributed by atoms with Crippen LogP contribution in [-0.2, 0) is 20.9 Å². The fraction of sp³-hybridized carbons (Fsp3) is 0.200. The molecule has 0 unspecified atom stereocenters. The summed E-state index contributed by atoms with van der Waals surface area (Å²) in [6.07, 6.45) is 0.132. The lowest BCUT2D eigenvalue weighted by molar-refractivity contribution is -0.153. The summed E-state index contributed by atoms with van der Waals surface area (Å²) in [7, 11) is 0. The Bertz CT molecular complexity index is 1110. The maximum absolute atomic E-state index is 13.6. The molecule has 0 fully saturated rings. The minimum Gasteiger partial charge on any atom is -0.451 e. The molecule has 0 bridgehead atoms. The van der Waals surface area contributed by atoms with Crippen LogP contribution in [-0.4, -0.2) is 27.5 Å². The Morgan fingerprint density at radius 2 is 2.00 bits per heavy atom. The van der Waals surface area contributed by atoms with Crippen molar-refractivity contribution in [3.05, 3.63) is 70.5 Å². The van der Waals surface area contributed by atoms with Gasteiger partial charge >= 0.3 is 5.97 Å². The highest BCUT2D eigenvalue weighted by Crippen LogP contribution is 2.14. The molecule has 7 nitrogen and oxygen atoms in total. The Labute approximate surface area is 159 Å². The summed E-state index contributed by atoms with van der Waals surface area (Å²) in [4.78, 5) is 40.8. The van der Waals surface area contributed by atoms with Crippen LogP contribution in [0.25, 0.3) is 10.9 Å². The topological polar surface area (TPSA) is 90.3 Å². The number of halogens is 1. The van der Waals surface area contributed by atoms with E-state index in [-0.39, 0.29) is 17.8 Å². The Morgan fingerprint density at radius 3 is 2.75 bits per heavy atom. The van der Waals surface area contributed by atoms with Crippen molar-refractivity contribution >= 4 is 28.5 Å². The number of ether oxygens (including phenoxy) is 1. The van der Waals surface area contributed by atoms with Gasteiger partial charge in [0.15, 0.2) is 6.10 Å². The first-order valence-electron chi connectivity index (χ1n) is 8.56. The van der Waals surface area contributed by atoms with Crippen molar-refractivity contribution in [3.63, 3.8) is 0 Å². The van der Waals surface area contributed by atoms with Crippen LogP contribution in [0.5, 0.6) is 0 Å². The van der Waals surface area contributed by atoms with Crippen LogP contribution >= 0.6 is 0 Å². The molecule has 1 atom stereocenters. The molecule has 0 aliphatic rings. The van der Waals surface area contributed by atoms with Crippen LogP contribution in [0.2, 0.25) is 0 Å². The highest BCUT2D eigenvalue weighted by Gasteiger charge is 2.19. The number of hydrogen-bond acceptors (Lipinski definition) is 5. The third kappa shape index (κ3) is 4.22. The minimum absolute atomic E-state index is 0.256. The van der Waals surface area contributed by atoms with Gasteiger partial charge in [-0.05, 0) is 43.7 Å². The number of carbonyl (C=O) groups excluding carboxylic acids is 2. The molecular weight excluding hydrogens is 365 g/mol. The summed E-state index contributed by atoms with van der Waals surface area (Å²) < 4.78 is 19.7. The standard InChI is InChI=1S/C20H18FN3O4/c1-12-7-8-14(9-16(12)21)23-19(26)13(2)28-18(25)10-24-11-22-17-6-4-3-5-15(17)20(24)27/h3-9,11,13H,10H2,1-2H3,(H,23,26)/t13-/m1/s1. The van der Waals surface area contributed by atoms with Crippen molar-refractivity contribution in [1.82, 2.24) is 9.55 Å². The molecule has 144 valence electrons. The molecule has 3 rings (SSSR count). The average molecular weight is 383 g/mol. The molecular formula is C20H18FN3O4. The molecule has 3 aromatic rings. The lowest BCUT2D eigenvalue weighted by atomic mass is 10.2. The molecule has 0 radical (unpaired) electrons. The molecule has 0 saturated carbocycles. The van der Waals surface area contributed by atoms with Crippen molar-refractivity contribution < 1.29 is 18.7 Å². The third-order valence-electron chi connectivity index (χ3n) is 4.15. The van der Waals surface area contributed by atoms with Gasteiger partial charge in [0.2, 0.25) is 0 Å². The van der Waals surface area contributed by atoms with Crippen molar-refractivity contribution in [2.24, 2.45) is 0 Å². The molecule has 28 heavy (non-hydrogen) atoms. The number of para-hydroxylation sites is 1. The molecule has 0 spiro atoms. The highest BCUT2D eigenvalue weighted by molar-refractivity contribution is 5.95. The molecule has 1 aromatic heterocycles. The Hall–Kier alpha value is -3.55. The monoisotopic (exact) mass is 383 g/mol. The van der Waals surface area contributed by atoms with Gasteiger partial charge in [0.1, 0.15) is 12.4 Å². The van der Waals surface area contributed by atoms with Gasteiger partial charge in [0.05, 0.1) is 17.2 Å². The molecule has 1 heterocycles. The Balaban J connectivity index is 1.64. The molecule has 8 heteroatoms. The molecule has 2 aromatic carbocycles. The smallest absolute Gasteiger partial charge is 0.326 e. The summed E-state index contributed by atoms with van der Waals surface area (Å²) in [6.45, 7) is 2.61. The molecule has 1 N–H and O–H groups in total. The van der Waals surface area contributed by atoms with E-state index in [1.807, 2.05) is 0 Å². The van der Waals surface area contributed by atoms with E-state index < -0.39 is 23.8 Å². The number of anilines is 1. The van der Waals surface area contributed by atoms with Crippen LogP contribution in [0.4, 0.5) is 10.1 Å². The molecule has 0 aliphatic carbocycles. The summed E-state index contributed by atoms with van der Waals surface area (Å²) in [5, 5.41) is 2.86. The Morgan fingerprint density at radius 1 is 1.25 bits per heavy atom. The SMILES string of the molecule is Cc1ccc(NC(=O)[C@@H](C)OC(=O)Cn2cnc3ccccc3c2=O)cc1F. The molecule has 1 amide bonds. The second kappa shape index (κ2) is 7.99. The first kappa shape index (κ1) is 19.2. The van der Waals surface area contributed by atoms with E-state index in [0.717, 1.165) is 4.57 Å². The lowest BCUT2D eigenvalue weighted by Gasteiger charge is -2.14. The number of esters is 1. The van der Waals surface area contributed by atoms with E-state index in [9.17, 15) is 18.8 Å². The third-order valence-corrected chi connectivity index (χ3v) is 4.15. The average Bonchev–Trinajstić information content (AvgIpc) is 2.67. The highest BCUT2D eigenvalue weighted by atomic mass is 19.1. The van der Waals surface area contributed by atoms with E-state index in [1.165, 1.54) is 25.4 Å².